The fourth-order valence-electron chi connectivity index (χ4n) is 4.17. The van der Waals surface area contributed by atoms with E-state index in [4.69, 9.17) is 4.74 Å². The van der Waals surface area contributed by atoms with Crippen molar-refractivity contribution in [2.75, 3.05) is 13.7 Å². The van der Waals surface area contributed by atoms with Gasteiger partial charge in [0.2, 0.25) is 0 Å². The number of hydrogen-bond donors (Lipinski definition) is 1. The third-order valence-electron chi connectivity index (χ3n) is 5.74. The number of pyridine rings is 1. The SMILES string of the molecule is CN(C(=O)C1=CC=C2C=CN=C2C1)C1COCc2[nH]c(=O)c3cc(F)c(F)cc3c21. The van der Waals surface area contributed by atoms with E-state index in [-0.39, 0.29) is 29.9 Å². The Bertz CT molecular complexity index is 1290. The standard InChI is InChI=1S/C22H17F2N3O3/c1-27(22(29)12-3-2-11-4-5-25-17(11)6-12)19-10-30-9-18-20(19)13-7-15(23)16(24)8-14(13)21(28)26-18/h2-5,7-8,19H,6,9-10H2,1H3,(H,26,28). The van der Waals surface area contributed by atoms with Gasteiger partial charge in [-0.2, -0.15) is 0 Å². The third kappa shape index (κ3) is 2.83. The number of allylic oxidation sites excluding steroid dienone is 4. The molecule has 1 atom stereocenters. The van der Waals surface area contributed by atoms with Crippen molar-refractivity contribution in [3.05, 3.63) is 81.0 Å². The Morgan fingerprint density at radius 3 is 2.80 bits per heavy atom. The minimum atomic E-state index is -1.10. The summed E-state index contributed by atoms with van der Waals surface area (Å²) in [5, 5.41) is 0.320. The Hall–Kier alpha value is -3.39. The minimum Gasteiger partial charge on any atom is -0.373 e. The van der Waals surface area contributed by atoms with Gasteiger partial charge in [0, 0.05) is 36.5 Å². The number of rotatable bonds is 2. The quantitative estimate of drug-likeness (QED) is 0.829. The van der Waals surface area contributed by atoms with Gasteiger partial charge in [-0.3, -0.25) is 14.6 Å². The first-order valence-corrected chi connectivity index (χ1v) is 9.47. The molecule has 3 heterocycles. The molecule has 3 aliphatic rings. The summed E-state index contributed by atoms with van der Waals surface area (Å²) in [6.07, 6.45) is 7.62. The topological polar surface area (TPSA) is 74.8 Å². The molecule has 2 aromatic rings. The van der Waals surface area contributed by atoms with E-state index in [0.717, 1.165) is 23.4 Å². The van der Waals surface area contributed by atoms with Gasteiger partial charge in [0.1, 0.15) is 0 Å². The smallest absolute Gasteiger partial charge is 0.256 e. The zero-order valence-corrected chi connectivity index (χ0v) is 16.0. The van der Waals surface area contributed by atoms with Crippen LogP contribution in [-0.4, -0.2) is 35.2 Å². The number of halogens is 2. The molecule has 1 amide bonds. The Balaban J connectivity index is 1.57. The van der Waals surface area contributed by atoms with Gasteiger partial charge in [-0.1, -0.05) is 12.2 Å². The molecule has 0 saturated carbocycles. The van der Waals surface area contributed by atoms with Crippen LogP contribution in [0.25, 0.3) is 10.8 Å². The van der Waals surface area contributed by atoms with Crippen molar-refractivity contribution in [1.82, 2.24) is 9.88 Å². The van der Waals surface area contributed by atoms with Gasteiger partial charge in [-0.25, -0.2) is 8.78 Å². The first-order chi connectivity index (χ1) is 14.4. The van der Waals surface area contributed by atoms with E-state index in [0.29, 0.717) is 23.3 Å². The van der Waals surface area contributed by atoms with Crippen LogP contribution in [0.4, 0.5) is 8.78 Å². The summed E-state index contributed by atoms with van der Waals surface area (Å²) >= 11 is 0. The first-order valence-electron chi connectivity index (χ1n) is 9.47. The van der Waals surface area contributed by atoms with Crippen LogP contribution in [0.3, 0.4) is 0 Å². The molecule has 5 rings (SSSR count). The zero-order valence-electron chi connectivity index (χ0n) is 16.0. The van der Waals surface area contributed by atoms with Gasteiger partial charge in [0.25, 0.3) is 11.5 Å². The molecule has 152 valence electrons. The number of carbonyl (C=O) groups excluding carboxylic acids is 1. The van der Waals surface area contributed by atoms with Crippen molar-refractivity contribution in [3.8, 4) is 0 Å². The number of carbonyl (C=O) groups is 1. The highest BCUT2D eigenvalue weighted by Crippen LogP contribution is 2.35. The van der Waals surface area contributed by atoms with Crippen molar-refractivity contribution < 1.29 is 18.3 Å². The van der Waals surface area contributed by atoms with Gasteiger partial charge in [0.05, 0.1) is 30.4 Å². The molecule has 0 bridgehead atoms. The van der Waals surface area contributed by atoms with Crippen LogP contribution in [0.2, 0.25) is 0 Å². The maximum Gasteiger partial charge on any atom is 0.256 e. The lowest BCUT2D eigenvalue weighted by Crippen LogP contribution is -2.38. The maximum atomic E-state index is 14.0. The maximum absolute atomic E-state index is 14.0. The molecule has 8 heteroatoms. The summed E-state index contributed by atoms with van der Waals surface area (Å²) in [5.74, 6) is -2.36. The summed E-state index contributed by atoms with van der Waals surface area (Å²) in [7, 11) is 1.64. The number of ether oxygens (including phenoxy) is 1. The molecule has 1 aromatic heterocycles. The number of nitrogens with one attached hydrogen (secondary N) is 1. The fraction of sp³-hybridized carbons (Fsp3) is 0.227. The average Bonchev–Trinajstić information content (AvgIpc) is 3.21. The second-order valence-electron chi connectivity index (χ2n) is 7.49. The van der Waals surface area contributed by atoms with E-state index < -0.39 is 23.2 Å². The van der Waals surface area contributed by atoms with E-state index in [1.54, 1.807) is 19.3 Å². The molecule has 30 heavy (non-hydrogen) atoms. The molecule has 1 N–H and O–H groups in total. The molecule has 1 aliphatic carbocycles. The number of benzene rings is 1. The van der Waals surface area contributed by atoms with Crippen LogP contribution in [-0.2, 0) is 16.1 Å². The van der Waals surface area contributed by atoms with Crippen molar-refractivity contribution >= 4 is 22.4 Å². The minimum absolute atomic E-state index is 0.0382. The summed E-state index contributed by atoms with van der Waals surface area (Å²) in [6.45, 7) is 0.293. The second-order valence-corrected chi connectivity index (χ2v) is 7.49. The highest BCUT2D eigenvalue weighted by Gasteiger charge is 2.33. The zero-order chi connectivity index (χ0) is 21.0. The number of aliphatic imine (C=N–C) groups is 1. The second kappa shape index (κ2) is 6.84. The third-order valence-corrected chi connectivity index (χ3v) is 5.74. The Kier molecular flexibility index (Phi) is 4.25. The normalized spacial score (nSPS) is 19.7. The summed E-state index contributed by atoms with van der Waals surface area (Å²) in [5.41, 5.74) is 2.89. The van der Waals surface area contributed by atoms with Crippen molar-refractivity contribution in [1.29, 1.82) is 0 Å². The van der Waals surface area contributed by atoms with Gasteiger partial charge in [0.15, 0.2) is 11.6 Å². The van der Waals surface area contributed by atoms with Crippen LogP contribution in [0.5, 0.6) is 0 Å². The molecular formula is C22H17F2N3O3. The molecule has 0 spiro atoms. The van der Waals surface area contributed by atoms with E-state index in [9.17, 15) is 18.4 Å². The largest absolute Gasteiger partial charge is 0.373 e. The number of H-pyrrole nitrogens is 1. The lowest BCUT2D eigenvalue weighted by atomic mass is 9.93. The summed E-state index contributed by atoms with van der Waals surface area (Å²) < 4.78 is 33.4. The predicted octanol–water partition coefficient (Wildman–Crippen LogP) is 3.06. The van der Waals surface area contributed by atoms with Crippen LogP contribution in [0, 0.1) is 11.6 Å². The van der Waals surface area contributed by atoms with Gasteiger partial charge in [-0.15, -0.1) is 0 Å². The summed E-state index contributed by atoms with van der Waals surface area (Å²) in [6, 6.07) is 1.34. The molecular weight excluding hydrogens is 392 g/mol. The fourth-order valence-corrected chi connectivity index (χ4v) is 4.17. The van der Waals surface area contributed by atoms with E-state index >= 15 is 0 Å². The predicted molar refractivity (Wildman–Crippen MR) is 107 cm³/mol. The first kappa shape index (κ1) is 18.6. The molecule has 1 unspecified atom stereocenters. The monoisotopic (exact) mass is 409 g/mol. The summed E-state index contributed by atoms with van der Waals surface area (Å²) in [4.78, 5) is 34.1. The molecule has 0 radical (unpaired) electrons. The lowest BCUT2D eigenvalue weighted by molar-refractivity contribution is -0.130. The van der Waals surface area contributed by atoms with E-state index in [1.165, 1.54) is 4.90 Å². The van der Waals surface area contributed by atoms with Crippen LogP contribution < -0.4 is 5.56 Å². The number of fused-ring (bicyclic) bond motifs is 4. The number of amides is 1. The number of likely N-dealkylation sites (N-methyl/N-ethyl adjacent to an activating group) is 1. The van der Waals surface area contributed by atoms with Crippen molar-refractivity contribution in [3.63, 3.8) is 0 Å². The van der Waals surface area contributed by atoms with Crippen LogP contribution in [0.15, 0.2) is 57.5 Å². The van der Waals surface area contributed by atoms with Gasteiger partial charge < -0.3 is 14.6 Å². The Morgan fingerprint density at radius 2 is 2.00 bits per heavy atom. The number of hydrogen-bond acceptors (Lipinski definition) is 4. The molecule has 2 aliphatic heterocycles. The molecule has 6 nitrogen and oxygen atoms in total. The molecule has 0 saturated heterocycles. The molecule has 0 fully saturated rings. The number of aromatic amines is 1. The van der Waals surface area contributed by atoms with Crippen LogP contribution in [0.1, 0.15) is 23.7 Å². The highest BCUT2D eigenvalue weighted by molar-refractivity contribution is 6.12. The van der Waals surface area contributed by atoms with Gasteiger partial charge >= 0.3 is 0 Å². The van der Waals surface area contributed by atoms with Crippen molar-refractivity contribution in [2.24, 2.45) is 4.99 Å². The highest BCUT2D eigenvalue weighted by atomic mass is 19.2. The van der Waals surface area contributed by atoms with E-state index in [2.05, 4.69) is 9.98 Å². The molecule has 1 aromatic carbocycles. The number of aromatic nitrogens is 1. The average molecular weight is 409 g/mol. The van der Waals surface area contributed by atoms with Crippen molar-refractivity contribution in [2.45, 2.75) is 19.1 Å². The Labute approximate surface area is 169 Å². The van der Waals surface area contributed by atoms with Crippen LogP contribution >= 0.6 is 0 Å². The van der Waals surface area contributed by atoms with E-state index in [1.807, 2.05) is 12.2 Å². The number of nitrogens with zero attached hydrogens (tertiary/aromatic N) is 2. The van der Waals surface area contributed by atoms with Gasteiger partial charge in [-0.05, 0) is 29.2 Å². The lowest BCUT2D eigenvalue weighted by Gasteiger charge is -2.34. The Morgan fingerprint density at radius 1 is 1.23 bits per heavy atom.